The Labute approximate surface area is 228 Å². The van der Waals surface area contributed by atoms with Crippen molar-refractivity contribution in [3.05, 3.63) is 131 Å². The lowest BCUT2D eigenvalue weighted by molar-refractivity contribution is 0.0755. The third kappa shape index (κ3) is 8.18. The molecule has 7 heteroatoms. The number of aliphatic hydroxyl groups is 1. The first kappa shape index (κ1) is 27.4. The summed E-state index contributed by atoms with van der Waals surface area (Å²) in [7, 11) is 0. The van der Waals surface area contributed by atoms with Crippen LogP contribution in [0, 0.1) is 0 Å². The van der Waals surface area contributed by atoms with Gasteiger partial charge in [-0.3, -0.25) is 9.59 Å². The van der Waals surface area contributed by atoms with Crippen LogP contribution in [0.15, 0.2) is 109 Å². The molecule has 39 heavy (non-hydrogen) atoms. The monoisotopic (exact) mass is 522 g/mol. The van der Waals surface area contributed by atoms with Crippen LogP contribution in [0.1, 0.15) is 38.3 Å². The van der Waals surface area contributed by atoms with Crippen LogP contribution in [0.25, 0.3) is 0 Å². The number of carbonyl (C=O) groups is 2. The lowest BCUT2D eigenvalue weighted by Crippen LogP contribution is -2.48. The van der Waals surface area contributed by atoms with Crippen molar-refractivity contribution in [2.24, 2.45) is 0 Å². The second-order valence-electron chi connectivity index (χ2n) is 9.68. The Morgan fingerprint density at radius 3 is 1.64 bits per heavy atom. The van der Waals surface area contributed by atoms with Crippen molar-refractivity contribution in [1.29, 1.82) is 0 Å². The molecule has 0 heterocycles. The van der Waals surface area contributed by atoms with E-state index in [0.29, 0.717) is 35.3 Å². The van der Waals surface area contributed by atoms with E-state index in [1.54, 1.807) is 48.5 Å². The van der Waals surface area contributed by atoms with E-state index in [9.17, 15) is 14.7 Å². The van der Waals surface area contributed by atoms with Gasteiger partial charge in [0.05, 0.1) is 12.1 Å². The number of nitrogen functional groups attached to an aromatic ring is 2. The highest BCUT2D eigenvalue weighted by Gasteiger charge is 2.27. The van der Waals surface area contributed by atoms with E-state index in [0.717, 1.165) is 11.1 Å². The van der Waals surface area contributed by atoms with Crippen LogP contribution in [0.5, 0.6) is 0 Å². The number of hydrogen-bond donors (Lipinski definition) is 5. The van der Waals surface area contributed by atoms with Gasteiger partial charge < -0.3 is 27.2 Å². The summed E-state index contributed by atoms with van der Waals surface area (Å²) in [5.41, 5.74) is 15.6. The van der Waals surface area contributed by atoms with Gasteiger partial charge in [-0.1, -0.05) is 72.8 Å². The van der Waals surface area contributed by atoms with E-state index < -0.39 is 18.2 Å². The van der Waals surface area contributed by atoms with E-state index >= 15 is 0 Å². The molecular formula is C32H34N4O3. The molecule has 0 radical (unpaired) electrons. The van der Waals surface area contributed by atoms with Crippen molar-refractivity contribution in [2.75, 3.05) is 11.5 Å². The summed E-state index contributed by atoms with van der Waals surface area (Å²) in [4.78, 5) is 26.2. The van der Waals surface area contributed by atoms with Crippen molar-refractivity contribution < 1.29 is 14.7 Å². The minimum atomic E-state index is -0.954. The molecule has 4 aromatic rings. The summed E-state index contributed by atoms with van der Waals surface area (Å²) in [6.45, 7) is 0. The molecule has 4 rings (SSSR count). The summed E-state index contributed by atoms with van der Waals surface area (Å²) in [6, 6.07) is 31.9. The van der Waals surface area contributed by atoms with Gasteiger partial charge in [-0.25, -0.2) is 0 Å². The van der Waals surface area contributed by atoms with Crippen LogP contribution in [0.2, 0.25) is 0 Å². The van der Waals surface area contributed by atoms with Gasteiger partial charge in [0.25, 0.3) is 11.8 Å². The van der Waals surface area contributed by atoms with Gasteiger partial charge in [-0.15, -0.1) is 0 Å². The summed E-state index contributed by atoms with van der Waals surface area (Å²) in [5.74, 6) is -0.607. The summed E-state index contributed by atoms with van der Waals surface area (Å²) in [6.07, 6.45) is 0.187. The predicted octanol–water partition coefficient (Wildman–Crippen LogP) is 3.98. The number of rotatable bonds is 11. The normalized spacial score (nSPS) is 13.2. The van der Waals surface area contributed by atoms with Crippen molar-refractivity contribution in [3.63, 3.8) is 0 Å². The number of amides is 2. The van der Waals surface area contributed by atoms with Gasteiger partial charge in [0, 0.05) is 28.5 Å². The van der Waals surface area contributed by atoms with Gasteiger partial charge in [0.2, 0.25) is 0 Å². The van der Waals surface area contributed by atoms with Crippen molar-refractivity contribution in [1.82, 2.24) is 10.6 Å². The molecular weight excluding hydrogens is 488 g/mol. The Hall–Kier alpha value is -4.62. The molecule has 0 aliphatic rings. The van der Waals surface area contributed by atoms with Gasteiger partial charge in [0.1, 0.15) is 0 Å². The van der Waals surface area contributed by atoms with E-state index in [1.165, 1.54) is 0 Å². The molecule has 0 spiro atoms. The first-order valence-electron chi connectivity index (χ1n) is 13.0. The maximum absolute atomic E-state index is 13.1. The first-order valence-corrected chi connectivity index (χ1v) is 13.0. The van der Waals surface area contributed by atoms with Crippen LogP contribution < -0.4 is 22.1 Å². The van der Waals surface area contributed by atoms with Crippen molar-refractivity contribution in [2.45, 2.75) is 37.5 Å². The highest BCUT2D eigenvalue weighted by atomic mass is 16.3. The molecule has 0 aliphatic heterocycles. The Morgan fingerprint density at radius 2 is 1.13 bits per heavy atom. The third-order valence-corrected chi connectivity index (χ3v) is 6.56. The lowest BCUT2D eigenvalue weighted by Gasteiger charge is -2.28. The topological polar surface area (TPSA) is 130 Å². The predicted molar refractivity (Wildman–Crippen MR) is 155 cm³/mol. The van der Waals surface area contributed by atoms with E-state index in [-0.39, 0.29) is 18.2 Å². The smallest absolute Gasteiger partial charge is 0.251 e. The molecule has 2 amide bonds. The zero-order valence-corrected chi connectivity index (χ0v) is 21.7. The second-order valence-corrected chi connectivity index (χ2v) is 9.68. The number of carbonyl (C=O) groups excluding carboxylic acids is 2. The number of anilines is 2. The molecule has 0 aliphatic carbocycles. The Kier molecular flexibility index (Phi) is 9.32. The zero-order chi connectivity index (χ0) is 27.6. The molecule has 3 atom stereocenters. The second kappa shape index (κ2) is 13.3. The molecule has 7 N–H and O–H groups in total. The van der Waals surface area contributed by atoms with Crippen LogP contribution >= 0.6 is 0 Å². The summed E-state index contributed by atoms with van der Waals surface area (Å²) < 4.78 is 0. The minimum Gasteiger partial charge on any atom is -0.399 e. The number of aliphatic hydroxyl groups excluding tert-OH is 1. The maximum Gasteiger partial charge on any atom is 0.251 e. The number of nitrogens with one attached hydrogen (secondary N) is 2. The Bertz CT molecular complexity index is 1380. The molecule has 0 fully saturated rings. The number of benzene rings is 4. The van der Waals surface area contributed by atoms with Crippen LogP contribution in [0.4, 0.5) is 11.4 Å². The standard InChI is InChI=1S/C32H34N4O3/c33-26-15-7-13-24(19-26)31(38)35-28(17-22-9-3-1-4-10-22)21-30(37)29(18-23-11-5-2-6-12-23)36-32(39)25-14-8-16-27(34)20-25/h1-16,19-20,28-30,37H,17-18,21,33-34H2,(H,35,38)(H,36,39)/t28-,29+,30+/m1/s1. The Balaban J connectivity index is 1.55. The van der Waals surface area contributed by atoms with Gasteiger partial charge in [-0.2, -0.15) is 0 Å². The molecule has 4 aromatic carbocycles. The molecule has 0 saturated heterocycles. The maximum atomic E-state index is 13.1. The van der Waals surface area contributed by atoms with E-state index in [2.05, 4.69) is 10.6 Å². The van der Waals surface area contributed by atoms with Gasteiger partial charge in [0.15, 0.2) is 0 Å². The SMILES string of the molecule is Nc1cccc(C(=O)N[C@H](Cc2ccccc2)C[C@H](O)[C@H](Cc2ccccc2)NC(=O)c2cccc(N)c2)c1. The fraction of sp³-hybridized carbons (Fsp3) is 0.188. The molecule has 200 valence electrons. The number of hydrogen-bond acceptors (Lipinski definition) is 5. The summed E-state index contributed by atoms with van der Waals surface area (Å²) in [5, 5.41) is 17.6. The summed E-state index contributed by atoms with van der Waals surface area (Å²) >= 11 is 0. The average molecular weight is 523 g/mol. The molecule has 0 aromatic heterocycles. The van der Waals surface area contributed by atoms with Gasteiger partial charge in [-0.05, 0) is 66.8 Å². The molecule has 0 saturated carbocycles. The minimum absolute atomic E-state index is 0.220. The first-order chi connectivity index (χ1) is 18.9. The van der Waals surface area contributed by atoms with Crippen molar-refractivity contribution >= 4 is 23.2 Å². The fourth-order valence-corrected chi connectivity index (χ4v) is 4.58. The number of nitrogens with two attached hydrogens (primary N) is 2. The molecule has 0 unspecified atom stereocenters. The van der Waals surface area contributed by atoms with Crippen LogP contribution in [-0.4, -0.2) is 35.1 Å². The third-order valence-electron chi connectivity index (χ3n) is 6.56. The quantitative estimate of drug-likeness (QED) is 0.190. The van der Waals surface area contributed by atoms with Gasteiger partial charge >= 0.3 is 0 Å². The highest BCUT2D eigenvalue weighted by Crippen LogP contribution is 2.16. The average Bonchev–Trinajstić information content (AvgIpc) is 2.93. The van der Waals surface area contributed by atoms with E-state index in [1.807, 2.05) is 60.7 Å². The highest BCUT2D eigenvalue weighted by molar-refractivity contribution is 5.95. The van der Waals surface area contributed by atoms with E-state index in [4.69, 9.17) is 11.5 Å². The fourth-order valence-electron chi connectivity index (χ4n) is 4.58. The van der Waals surface area contributed by atoms with Crippen LogP contribution in [-0.2, 0) is 12.8 Å². The van der Waals surface area contributed by atoms with Crippen molar-refractivity contribution in [3.8, 4) is 0 Å². The Morgan fingerprint density at radius 1 is 0.641 bits per heavy atom. The molecule has 0 bridgehead atoms. The lowest BCUT2D eigenvalue weighted by atomic mass is 9.93. The molecule has 7 nitrogen and oxygen atoms in total. The largest absolute Gasteiger partial charge is 0.399 e. The van der Waals surface area contributed by atoms with Crippen LogP contribution in [0.3, 0.4) is 0 Å². The zero-order valence-electron chi connectivity index (χ0n) is 21.7.